The van der Waals surface area contributed by atoms with Crippen LogP contribution in [0.5, 0.6) is 11.5 Å². The number of thioether (sulfide) groups is 1. The molecule has 0 aromatic heterocycles. The second-order valence-corrected chi connectivity index (χ2v) is 8.60. The number of hydrogen-bond acceptors (Lipinski definition) is 5. The first-order valence-electron chi connectivity index (χ1n) is 8.93. The Hall–Kier alpha value is -1.96. The molecule has 2 aromatic carbocycles. The van der Waals surface area contributed by atoms with E-state index in [1.165, 1.54) is 12.0 Å². The summed E-state index contributed by atoms with van der Waals surface area (Å²) in [5.74, 6) is 0.592. The first kappa shape index (κ1) is 21.7. The van der Waals surface area contributed by atoms with Crippen molar-refractivity contribution in [2.75, 3.05) is 13.7 Å². The quantitative estimate of drug-likeness (QED) is 0.431. The summed E-state index contributed by atoms with van der Waals surface area (Å²) in [6, 6.07) is 11.2. The number of halogens is 2. The molecule has 8 heteroatoms. The lowest BCUT2D eigenvalue weighted by atomic mass is 10.1. The van der Waals surface area contributed by atoms with E-state index in [0.29, 0.717) is 40.1 Å². The van der Waals surface area contributed by atoms with Gasteiger partial charge < -0.3 is 9.47 Å². The van der Waals surface area contributed by atoms with Crippen LogP contribution in [0, 0.1) is 0 Å². The molecule has 2 amide bonds. The van der Waals surface area contributed by atoms with E-state index < -0.39 is 0 Å². The van der Waals surface area contributed by atoms with Crippen molar-refractivity contribution in [2.24, 2.45) is 0 Å². The first-order valence-corrected chi connectivity index (χ1v) is 10.9. The van der Waals surface area contributed by atoms with Gasteiger partial charge in [-0.2, -0.15) is 0 Å². The fraction of sp³-hybridized carbons (Fsp3) is 0.238. The van der Waals surface area contributed by atoms with Gasteiger partial charge >= 0.3 is 0 Å². The predicted octanol–water partition coefficient (Wildman–Crippen LogP) is 6.14. The zero-order valence-electron chi connectivity index (χ0n) is 15.9. The molecule has 0 spiro atoms. The topological polar surface area (TPSA) is 55.8 Å². The van der Waals surface area contributed by atoms with Crippen molar-refractivity contribution < 1.29 is 19.1 Å². The fourth-order valence-electron chi connectivity index (χ4n) is 2.77. The summed E-state index contributed by atoms with van der Waals surface area (Å²) in [4.78, 5) is 26.1. The molecule has 0 atom stereocenters. The summed E-state index contributed by atoms with van der Waals surface area (Å²) in [6.07, 6.45) is 2.36. The number of imide groups is 1. The van der Waals surface area contributed by atoms with E-state index in [0.717, 1.165) is 28.2 Å². The van der Waals surface area contributed by atoms with Gasteiger partial charge in [0.15, 0.2) is 11.5 Å². The van der Waals surface area contributed by atoms with Gasteiger partial charge in [0, 0.05) is 11.0 Å². The molecular weight excluding hydrogens is 478 g/mol. The number of methoxy groups -OCH3 is 1. The Morgan fingerprint density at radius 3 is 2.59 bits per heavy atom. The SMILES string of the molecule is CCCN1C(=O)S/C(=C/c2cc(Cl)c(OCc3ccc(Br)cc3)c(OC)c2)C1=O. The van der Waals surface area contributed by atoms with E-state index >= 15 is 0 Å². The summed E-state index contributed by atoms with van der Waals surface area (Å²) in [5.41, 5.74) is 1.64. The summed E-state index contributed by atoms with van der Waals surface area (Å²) < 4.78 is 12.3. The largest absolute Gasteiger partial charge is 0.493 e. The van der Waals surface area contributed by atoms with Crippen molar-refractivity contribution in [2.45, 2.75) is 20.0 Å². The summed E-state index contributed by atoms with van der Waals surface area (Å²) in [5, 5.41) is 0.108. The van der Waals surface area contributed by atoms with Crippen LogP contribution in [0.4, 0.5) is 4.79 Å². The normalized spacial score (nSPS) is 15.3. The number of nitrogens with zero attached hydrogens (tertiary/aromatic N) is 1. The van der Waals surface area contributed by atoms with Crippen LogP contribution in [-0.2, 0) is 11.4 Å². The average Bonchev–Trinajstić information content (AvgIpc) is 2.96. The van der Waals surface area contributed by atoms with Crippen molar-refractivity contribution >= 4 is 56.5 Å². The number of hydrogen-bond donors (Lipinski definition) is 0. The third kappa shape index (κ3) is 5.15. The van der Waals surface area contributed by atoms with Gasteiger partial charge in [-0.15, -0.1) is 0 Å². The molecule has 1 aliphatic rings. The van der Waals surface area contributed by atoms with Crippen LogP contribution in [0.2, 0.25) is 5.02 Å². The van der Waals surface area contributed by atoms with E-state index in [4.69, 9.17) is 21.1 Å². The van der Waals surface area contributed by atoms with Gasteiger partial charge in [-0.3, -0.25) is 14.5 Å². The van der Waals surface area contributed by atoms with Crippen LogP contribution in [-0.4, -0.2) is 29.7 Å². The second-order valence-electron chi connectivity index (χ2n) is 6.28. The Balaban J connectivity index is 1.82. The Kier molecular flexibility index (Phi) is 7.27. The van der Waals surface area contributed by atoms with Gasteiger partial charge in [-0.05, 0) is 59.7 Å². The molecular formula is C21H19BrClNO4S. The molecule has 1 aliphatic heterocycles. The van der Waals surface area contributed by atoms with E-state index in [-0.39, 0.29) is 11.1 Å². The molecule has 29 heavy (non-hydrogen) atoms. The monoisotopic (exact) mass is 495 g/mol. The van der Waals surface area contributed by atoms with Gasteiger partial charge in [0.05, 0.1) is 17.0 Å². The zero-order chi connectivity index (χ0) is 21.0. The van der Waals surface area contributed by atoms with Gasteiger partial charge in [-0.1, -0.05) is 46.6 Å². The van der Waals surface area contributed by atoms with Gasteiger partial charge in [0.25, 0.3) is 11.1 Å². The minimum atomic E-state index is -0.285. The Labute approximate surface area is 187 Å². The highest BCUT2D eigenvalue weighted by molar-refractivity contribution is 9.10. The highest BCUT2D eigenvalue weighted by Crippen LogP contribution is 2.39. The Morgan fingerprint density at radius 1 is 1.21 bits per heavy atom. The smallest absolute Gasteiger partial charge is 0.293 e. The van der Waals surface area contributed by atoms with Gasteiger partial charge in [0.1, 0.15) is 6.61 Å². The van der Waals surface area contributed by atoms with Crippen molar-refractivity contribution in [1.82, 2.24) is 4.90 Å². The number of benzene rings is 2. The molecule has 0 bridgehead atoms. The lowest BCUT2D eigenvalue weighted by molar-refractivity contribution is -0.122. The van der Waals surface area contributed by atoms with E-state index in [9.17, 15) is 9.59 Å². The maximum Gasteiger partial charge on any atom is 0.293 e. The van der Waals surface area contributed by atoms with Crippen molar-refractivity contribution in [3.63, 3.8) is 0 Å². The average molecular weight is 497 g/mol. The van der Waals surface area contributed by atoms with Gasteiger partial charge in [-0.25, -0.2) is 0 Å². The van der Waals surface area contributed by atoms with Crippen molar-refractivity contribution in [3.8, 4) is 11.5 Å². The minimum absolute atomic E-state index is 0.254. The maximum absolute atomic E-state index is 12.4. The summed E-state index contributed by atoms with van der Waals surface area (Å²) in [6.45, 7) is 2.66. The molecule has 1 saturated heterocycles. The fourth-order valence-corrected chi connectivity index (χ4v) is 4.17. The molecule has 0 saturated carbocycles. The zero-order valence-corrected chi connectivity index (χ0v) is 19.1. The Bertz CT molecular complexity index is 962. The molecule has 152 valence electrons. The van der Waals surface area contributed by atoms with Crippen LogP contribution in [0.15, 0.2) is 45.8 Å². The van der Waals surface area contributed by atoms with E-state index in [2.05, 4.69) is 15.9 Å². The van der Waals surface area contributed by atoms with Crippen molar-refractivity contribution in [1.29, 1.82) is 0 Å². The molecule has 0 radical (unpaired) electrons. The molecule has 0 unspecified atom stereocenters. The number of carbonyl (C=O) groups is 2. The number of rotatable bonds is 7. The Morgan fingerprint density at radius 2 is 1.93 bits per heavy atom. The van der Waals surface area contributed by atoms with Crippen LogP contribution < -0.4 is 9.47 Å². The van der Waals surface area contributed by atoms with Crippen molar-refractivity contribution in [3.05, 3.63) is 61.9 Å². The summed E-state index contributed by atoms with van der Waals surface area (Å²) >= 11 is 10.8. The lowest BCUT2D eigenvalue weighted by Crippen LogP contribution is -2.28. The van der Waals surface area contributed by atoms with Crippen LogP contribution >= 0.6 is 39.3 Å². The maximum atomic E-state index is 12.4. The van der Waals surface area contributed by atoms with E-state index in [1.807, 2.05) is 31.2 Å². The molecule has 3 rings (SSSR count). The molecule has 0 aliphatic carbocycles. The molecule has 5 nitrogen and oxygen atoms in total. The molecule has 1 heterocycles. The van der Waals surface area contributed by atoms with Crippen LogP contribution in [0.3, 0.4) is 0 Å². The summed E-state index contributed by atoms with van der Waals surface area (Å²) in [7, 11) is 1.52. The minimum Gasteiger partial charge on any atom is -0.493 e. The lowest BCUT2D eigenvalue weighted by Gasteiger charge is -2.14. The second kappa shape index (κ2) is 9.69. The number of carbonyl (C=O) groups excluding carboxylic acids is 2. The third-order valence-electron chi connectivity index (χ3n) is 4.17. The molecule has 1 fully saturated rings. The molecule has 2 aromatic rings. The van der Waals surface area contributed by atoms with Crippen LogP contribution in [0.1, 0.15) is 24.5 Å². The highest BCUT2D eigenvalue weighted by atomic mass is 79.9. The first-order chi connectivity index (χ1) is 13.9. The van der Waals surface area contributed by atoms with E-state index in [1.54, 1.807) is 18.2 Å². The van der Waals surface area contributed by atoms with Crippen LogP contribution in [0.25, 0.3) is 6.08 Å². The third-order valence-corrected chi connectivity index (χ3v) is 5.88. The highest BCUT2D eigenvalue weighted by Gasteiger charge is 2.34. The number of amides is 2. The predicted molar refractivity (Wildman–Crippen MR) is 119 cm³/mol. The van der Waals surface area contributed by atoms with Gasteiger partial charge in [0.2, 0.25) is 0 Å². The molecule has 0 N–H and O–H groups in total. The standard InChI is InChI=1S/C21H19BrClNO4S/c1-3-8-24-20(25)18(29-21(24)26)11-14-9-16(23)19(17(10-14)27-2)28-12-13-4-6-15(22)7-5-13/h4-7,9-11H,3,8,12H2,1-2H3/b18-11+. The number of ether oxygens (including phenoxy) is 2.